The first-order valence-electron chi connectivity index (χ1n) is 26.3. The molecule has 0 saturated heterocycles. The maximum absolute atomic E-state index is 11.9. The van der Waals surface area contributed by atoms with Gasteiger partial charge in [-0.1, -0.05) is 196 Å². The van der Waals surface area contributed by atoms with Crippen molar-refractivity contribution in [2.75, 3.05) is 6.61 Å². The molecule has 0 amide bonds. The molecule has 0 bridgehead atoms. The molecule has 0 aromatic rings. The van der Waals surface area contributed by atoms with E-state index in [1.54, 1.807) is 6.92 Å². The molecule has 0 aliphatic carbocycles. The second-order valence-corrected chi connectivity index (χ2v) is 17.9. The van der Waals surface area contributed by atoms with Crippen LogP contribution in [0.4, 0.5) is 0 Å². The number of carbonyl (C=O) groups is 8. The molecule has 67 heavy (non-hydrogen) atoms. The van der Waals surface area contributed by atoms with Crippen molar-refractivity contribution in [3.8, 4) is 0 Å². The van der Waals surface area contributed by atoms with Gasteiger partial charge in [0.1, 0.15) is 29.6 Å². The van der Waals surface area contributed by atoms with Gasteiger partial charge < -0.3 is 34.4 Å². The van der Waals surface area contributed by atoms with Gasteiger partial charge >= 0.3 is 23.3 Å². The van der Waals surface area contributed by atoms with Crippen LogP contribution in [0.3, 0.4) is 0 Å². The summed E-state index contributed by atoms with van der Waals surface area (Å²) in [5.41, 5.74) is 0. The van der Waals surface area contributed by atoms with Crippen molar-refractivity contribution in [2.45, 2.75) is 274 Å². The van der Waals surface area contributed by atoms with Gasteiger partial charge in [-0.25, -0.2) is 0 Å². The summed E-state index contributed by atoms with van der Waals surface area (Å²) in [6.45, 7) is 16.3. The van der Waals surface area contributed by atoms with Crippen molar-refractivity contribution < 1.29 is 58.4 Å². The van der Waals surface area contributed by atoms with Crippen LogP contribution in [0, 0.1) is 17.8 Å². The third-order valence-corrected chi connectivity index (χ3v) is 11.5. The van der Waals surface area contributed by atoms with E-state index in [9.17, 15) is 53.7 Å². The Morgan fingerprint density at radius 3 is 0.701 bits per heavy atom. The number of unbranched alkanes of at least 4 members (excludes halogenated alkanes) is 18. The molecular weight excluding hydrogens is 868 g/mol. The number of Topliss-reactive ketones (excluding diaryl/α,β-unsaturated/α-hetero) is 4. The molecule has 0 aromatic carbocycles. The first-order valence-corrected chi connectivity index (χ1v) is 26.3. The van der Waals surface area contributed by atoms with Gasteiger partial charge in [0.15, 0.2) is 0 Å². The average Bonchev–Trinajstić information content (AvgIpc) is 3.24. The molecule has 0 heterocycles. The number of aliphatic carboxylic acids is 3. The number of ketones is 4. The van der Waals surface area contributed by atoms with Gasteiger partial charge in [-0.15, -0.1) is 0 Å². The van der Waals surface area contributed by atoms with E-state index in [1.807, 2.05) is 0 Å². The minimum absolute atomic E-state index is 0. The zero-order chi connectivity index (χ0) is 50.8. The number of hydrogen-bond donors (Lipinski definition) is 0. The Balaban J connectivity index is -0.000000261. The summed E-state index contributed by atoms with van der Waals surface area (Å²) < 4.78 is 4.49. The van der Waals surface area contributed by atoms with E-state index in [1.165, 1.54) is 84.0 Å². The largest absolute Gasteiger partial charge is 3.00 e. The molecule has 0 rings (SSSR count). The number of carboxylic acid groups (broad SMARTS) is 3. The Morgan fingerprint density at radius 1 is 0.343 bits per heavy atom. The molecule has 0 atom stereocenters. The van der Waals surface area contributed by atoms with Gasteiger partial charge in [0, 0.05) is 54.9 Å². The number of ether oxygens (including phenoxy) is 1. The minimum Gasteiger partial charge on any atom is -0.550 e. The Morgan fingerprint density at radius 2 is 0.552 bits per heavy atom. The Bertz CT molecular complexity index is 1080. The molecule has 388 valence electrons. The predicted octanol–water partition coefficient (Wildman–Crippen LogP) is 9.91. The van der Waals surface area contributed by atoms with Crippen molar-refractivity contribution in [3.05, 3.63) is 0 Å². The third-order valence-electron chi connectivity index (χ3n) is 11.5. The second kappa shape index (κ2) is 55.7. The Hall–Kier alpha value is -2.91. The molecule has 0 aromatic heterocycles. The van der Waals surface area contributed by atoms with E-state index in [0.717, 1.165) is 116 Å². The predicted molar refractivity (Wildman–Crippen MR) is 265 cm³/mol. The van der Waals surface area contributed by atoms with Crippen LogP contribution in [0.1, 0.15) is 274 Å². The second-order valence-electron chi connectivity index (χ2n) is 17.9. The molecule has 0 unspecified atom stereocenters. The molecule has 13 heteroatoms. The third kappa shape index (κ3) is 57.3. The maximum Gasteiger partial charge on any atom is 3.00 e. The van der Waals surface area contributed by atoms with Gasteiger partial charge in [-0.3, -0.25) is 24.0 Å². The van der Waals surface area contributed by atoms with Crippen LogP contribution in [0.25, 0.3) is 0 Å². The topological polar surface area (TPSA) is 215 Å². The molecule has 0 aliphatic heterocycles. The maximum atomic E-state index is 11.9. The number of rotatable bonds is 42. The zero-order valence-corrected chi connectivity index (χ0v) is 45.1. The molecule has 0 N–H and O–H groups in total. The van der Waals surface area contributed by atoms with Crippen molar-refractivity contribution in [1.82, 2.24) is 0 Å². The van der Waals surface area contributed by atoms with Crippen LogP contribution in [-0.2, 0) is 43.1 Å². The quantitative estimate of drug-likeness (QED) is 0.0242. The van der Waals surface area contributed by atoms with Gasteiger partial charge in [-0.2, -0.15) is 0 Å². The number of esters is 1. The number of hydrogen-bond acceptors (Lipinski definition) is 12. The fraction of sp³-hybridized carbons (Fsp3) is 0.852. The monoisotopic (exact) mass is 965 g/mol. The Labute approximate surface area is 419 Å². The van der Waals surface area contributed by atoms with E-state index in [0.29, 0.717) is 6.61 Å². The molecule has 0 spiro atoms. The first-order chi connectivity index (χ1) is 31.5. The molecular formula is C54H97AlO12. The van der Waals surface area contributed by atoms with Crippen LogP contribution in [-0.4, -0.2) is 71.0 Å². The van der Waals surface area contributed by atoms with Crippen molar-refractivity contribution >= 4 is 64.4 Å². The summed E-state index contributed by atoms with van der Waals surface area (Å²) in [6, 6.07) is 0. The van der Waals surface area contributed by atoms with E-state index in [2.05, 4.69) is 46.3 Å². The van der Waals surface area contributed by atoms with E-state index >= 15 is 0 Å². The summed E-state index contributed by atoms with van der Waals surface area (Å²) in [6.07, 6.45) is 31.0. The normalized spacial score (nSPS) is 10.4. The minimum atomic E-state index is -1.24. The van der Waals surface area contributed by atoms with E-state index in [-0.39, 0.29) is 64.7 Å². The summed E-state index contributed by atoms with van der Waals surface area (Å²) in [5, 5.41) is 31.6. The molecule has 0 aliphatic rings. The summed E-state index contributed by atoms with van der Waals surface area (Å²) >= 11 is 0. The number of carboxylic acids is 3. The molecule has 0 radical (unpaired) electrons. The molecule has 0 saturated carbocycles. The molecule has 12 nitrogen and oxygen atoms in total. The SMILES string of the molecule is CCCCCCC(CCCCCC)C(=O)CC(=O)[O-].CCCCCCC(CCCCCC)C(=O)CC(=O)[O-].CCCCCCC(CCCCCC)C(=O)CC(=O)[O-].CCOC(=O)CC(C)=O.[Al+3]. The van der Waals surface area contributed by atoms with Gasteiger partial charge in [-0.05, 0) is 52.4 Å². The van der Waals surface area contributed by atoms with Crippen molar-refractivity contribution in [2.24, 2.45) is 17.8 Å². The number of carbonyl (C=O) groups excluding carboxylic acids is 8. The standard InChI is InChI=1S/3C16H30O3.C6H10O3.Al/c3*1-3-5-7-9-11-14(12-10-8-6-4-2)15(17)13-16(18)19;1-3-9-6(8)4-5(2)7;/h3*14H,3-13H2,1-2H3,(H,18,19);3-4H2,1-2H3;/q;;;;+3/p-3. The van der Waals surface area contributed by atoms with Gasteiger partial charge in [0.25, 0.3) is 0 Å². The Kier molecular flexibility index (Phi) is 60.7. The van der Waals surface area contributed by atoms with Crippen LogP contribution in [0.2, 0.25) is 0 Å². The van der Waals surface area contributed by atoms with E-state index in [4.69, 9.17) is 0 Å². The van der Waals surface area contributed by atoms with Gasteiger partial charge in [0.2, 0.25) is 0 Å². The summed E-state index contributed by atoms with van der Waals surface area (Å²) in [4.78, 5) is 87.8. The zero-order valence-electron chi connectivity index (χ0n) is 44.0. The fourth-order valence-electron chi connectivity index (χ4n) is 7.58. The smallest absolute Gasteiger partial charge is 0.550 e. The first kappa shape index (κ1) is 73.1. The molecule has 0 fully saturated rings. The average molecular weight is 965 g/mol. The van der Waals surface area contributed by atoms with Crippen molar-refractivity contribution in [3.63, 3.8) is 0 Å². The van der Waals surface area contributed by atoms with Crippen molar-refractivity contribution in [1.29, 1.82) is 0 Å². The summed E-state index contributed by atoms with van der Waals surface area (Å²) in [5.74, 6) is -4.90. The van der Waals surface area contributed by atoms with Crippen LogP contribution >= 0.6 is 0 Å². The van der Waals surface area contributed by atoms with Crippen LogP contribution in [0.15, 0.2) is 0 Å². The summed E-state index contributed by atoms with van der Waals surface area (Å²) in [7, 11) is 0. The van der Waals surface area contributed by atoms with Gasteiger partial charge in [0.05, 0.1) is 6.61 Å². The van der Waals surface area contributed by atoms with E-state index < -0.39 is 43.1 Å². The fourth-order valence-corrected chi connectivity index (χ4v) is 7.58. The van der Waals surface area contributed by atoms with Crippen LogP contribution in [0.5, 0.6) is 0 Å². The van der Waals surface area contributed by atoms with Crippen LogP contribution < -0.4 is 15.3 Å².